The zero-order valence-corrected chi connectivity index (χ0v) is 15.8. The molecule has 2 rings (SSSR count). The number of carbonyl (C=O) groups is 1. The van der Waals surface area contributed by atoms with E-state index >= 15 is 0 Å². The summed E-state index contributed by atoms with van der Waals surface area (Å²) in [5, 5.41) is 9.48. The van der Waals surface area contributed by atoms with Crippen LogP contribution < -0.4 is 5.32 Å². The van der Waals surface area contributed by atoms with Gasteiger partial charge in [0.1, 0.15) is 17.4 Å². The summed E-state index contributed by atoms with van der Waals surface area (Å²) < 4.78 is 54.5. The molecule has 0 fully saturated rings. The molecule has 150 valence electrons. The van der Waals surface area contributed by atoms with E-state index in [0.29, 0.717) is 17.6 Å². The van der Waals surface area contributed by atoms with E-state index in [1.165, 1.54) is 6.92 Å². The quantitative estimate of drug-likeness (QED) is 0.529. The minimum Gasteiger partial charge on any atom is -0.354 e. The van der Waals surface area contributed by atoms with Crippen LogP contribution in [0.3, 0.4) is 0 Å². The predicted molar refractivity (Wildman–Crippen MR) is 91.2 cm³/mol. The van der Waals surface area contributed by atoms with Crippen molar-refractivity contribution in [1.29, 1.82) is 0 Å². The number of hydrogen-bond acceptors (Lipinski definition) is 3. The number of halogens is 5. The molecule has 0 aliphatic heterocycles. The zero-order chi connectivity index (χ0) is 20.3. The normalized spacial score (nSPS) is 12.8. The van der Waals surface area contributed by atoms with Gasteiger partial charge in [-0.25, -0.2) is 22.2 Å². The third-order valence-electron chi connectivity index (χ3n) is 4.02. The predicted octanol–water partition coefficient (Wildman–Crippen LogP) is 3.99. The van der Waals surface area contributed by atoms with Crippen molar-refractivity contribution in [2.24, 2.45) is 0 Å². The van der Waals surface area contributed by atoms with Gasteiger partial charge in [0.05, 0.1) is 10.7 Å². The maximum Gasteiger partial charge on any atom is 0.283 e. The Kier molecular flexibility index (Phi) is 6.85. The molecule has 6 nitrogen and oxygen atoms in total. The van der Waals surface area contributed by atoms with E-state index in [-0.39, 0.29) is 6.54 Å². The van der Waals surface area contributed by atoms with Crippen LogP contribution in [0.2, 0.25) is 5.02 Å². The Bertz CT molecular complexity index is 805. The minimum absolute atomic E-state index is 0.266. The molecule has 0 bridgehead atoms. The van der Waals surface area contributed by atoms with Crippen LogP contribution in [0.4, 0.5) is 17.6 Å². The number of nitrogens with zero attached hydrogens (tertiary/aromatic N) is 4. The Labute approximate surface area is 158 Å². The van der Waals surface area contributed by atoms with E-state index in [2.05, 4.69) is 15.5 Å². The van der Waals surface area contributed by atoms with Crippen molar-refractivity contribution in [2.45, 2.75) is 52.6 Å². The summed E-state index contributed by atoms with van der Waals surface area (Å²) in [6.45, 7) is 5.91. The maximum atomic E-state index is 13.2. The molecule has 0 saturated heterocycles. The molecular weight excluding hydrogens is 390 g/mol. The Balaban J connectivity index is 2.00. The SMILES string of the molecule is Cc1cc(C)n(CCCNC(=O)C(C)n2nc(C(F)F)c(Cl)c2C(F)F)n1. The van der Waals surface area contributed by atoms with Crippen molar-refractivity contribution < 1.29 is 22.4 Å². The van der Waals surface area contributed by atoms with Crippen LogP contribution in [0.5, 0.6) is 0 Å². The number of carbonyl (C=O) groups excluding carboxylic acids is 1. The van der Waals surface area contributed by atoms with E-state index in [1.54, 1.807) is 4.68 Å². The third-order valence-corrected chi connectivity index (χ3v) is 4.41. The molecule has 0 spiro atoms. The largest absolute Gasteiger partial charge is 0.354 e. The molecule has 1 unspecified atom stereocenters. The number of aromatic nitrogens is 4. The van der Waals surface area contributed by atoms with Crippen molar-refractivity contribution >= 4 is 17.5 Å². The van der Waals surface area contributed by atoms with Crippen LogP contribution in [0.1, 0.15) is 55.0 Å². The Morgan fingerprint density at radius 1 is 1.22 bits per heavy atom. The second-order valence-corrected chi connectivity index (χ2v) is 6.48. The third kappa shape index (κ3) is 4.79. The van der Waals surface area contributed by atoms with Crippen LogP contribution >= 0.6 is 11.6 Å². The molecule has 1 amide bonds. The molecule has 0 aliphatic rings. The molecule has 1 N–H and O–H groups in total. The van der Waals surface area contributed by atoms with Crippen LogP contribution in [0.25, 0.3) is 0 Å². The topological polar surface area (TPSA) is 64.7 Å². The van der Waals surface area contributed by atoms with E-state index in [1.807, 2.05) is 19.9 Å². The molecule has 0 aromatic carbocycles. The van der Waals surface area contributed by atoms with Gasteiger partial charge < -0.3 is 5.32 Å². The fraction of sp³-hybridized carbons (Fsp3) is 0.562. The molecule has 0 saturated carbocycles. The van der Waals surface area contributed by atoms with Crippen molar-refractivity contribution in [1.82, 2.24) is 24.9 Å². The fourth-order valence-corrected chi connectivity index (χ4v) is 2.97. The van der Waals surface area contributed by atoms with Crippen LogP contribution in [-0.2, 0) is 11.3 Å². The van der Waals surface area contributed by atoms with E-state index < -0.39 is 41.2 Å². The number of amides is 1. The molecule has 2 aromatic heterocycles. The zero-order valence-electron chi connectivity index (χ0n) is 15.0. The van der Waals surface area contributed by atoms with Gasteiger partial charge in [-0.3, -0.25) is 9.48 Å². The lowest BCUT2D eigenvalue weighted by molar-refractivity contribution is -0.124. The van der Waals surface area contributed by atoms with Gasteiger partial charge in [0.15, 0.2) is 0 Å². The van der Waals surface area contributed by atoms with Crippen molar-refractivity contribution in [3.63, 3.8) is 0 Å². The number of hydrogen-bond donors (Lipinski definition) is 1. The van der Waals surface area contributed by atoms with Crippen molar-refractivity contribution in [3.8, 4) is 0 Å². The molecular formula is C16H20ClF4N5O. The average molecular weight is 410 g/mol. The smallest absolute Gasteiger partial charge is 0.283 e. The first-order valence-electron chi connectivity index (χ1n) is 8.26. The summed E-state index contributed by atoms with van der Waals surface area (Å²) in [5.41, 5.74) is 0.0166. The summed E-state index contributed by atoms with van der Waals surface area (Å²) in [6.07, 6.45) is -5.70. The molecule has 0 radical (unpaired) electrons. The second-order valence-electron chi connectivity index (χ2n) is 6.10. The number of aryl methyl sites for hydroxylation is 3. The van der Waals surface area contributed by atoms with Gasteiger partial charge in [0, 0.05) is 18.8 Å². The first-order valence-corrected chi connectivity index (χ1v) is 8.64. The highest BCUT2D eigenvalue weighted by Gasteiger charge is 2.31. The molecule has 2 aromatic rings. The highest BCUT2D eigenvalue weighted by atomic mass is 35.5. The van der Waals surface area contributed by atoms with Gasteiger partial charge in [-0.2, -0.15) is 10.2 Å². The molecule has 0 aliphatic carbocycles. The van der Waals surface area contributed by atoms with Crippen LogP contribution in [-0.4, -0.2) is 32.0 Å². The molecule has 27 heavy (non-hydrogen) atoms. The Morgan fingerprint density at radius 3 is 2.41 bits per heavy atom. The van der Waals surface area contributed by atoms with Crippen molar-refractivity contribution in [3.05, 3.63) is 33.9 Å². The van der Waals surface area contributed by atoms with E-state index in [0.717, 1.165) is 11.4 Å². The monoisotopic (exact) mass is 409 g/mol. The first kappa shape index (κ1) is 21.2. The number of nitrogens with one attached hydrogen (secondary N) is 1. The van der Waals surface area contributed by atoms with Gasteiger partial charge in [-0.15, -0.1) is 0 Å². The van der Waals surface area contributed by atoms with Gasteiger partial charge >= 0.3 is 0 Å². The highest BCUT2D eigenvalue weighted by Crippen LogP contribution is 2.36. The summed E-state index contributed by atoms with van der Waals surface area (Å²) in [4.78, 5) is 12.2. The fourth-order valence-electron chi connectivity index (χ4n) is 2.68. The second kappa shape index (κ2) is 8.73. The molecule has 11 heteroatoms. The lowest BCUT2D eigenvalue weighted by atomic mass is 10.3. The highest BCUT2D eigenvalue weighted by molar-refractivity contribution is 6.32. The summed E-state index contributed by atoms with van der Waals surface area (Å²) >= 11 is 5.59. The minimum atomic E-state index is -3.14. The standard InChI is InChI=1S/C16H20ClF4N5O/c1-8-7-9(2)25(23-8)6-4-5-22-16(27)10(3)26-13(15(20)21)11(17)12(24-26)14(18)19/h7,10,14-15H,4-6H2,1-3H3,(H,22,27). The van der Waals surface area contributed by atoms with Crippen LogP contribution in [0.15, 0.2) is 6.07 Å². The summed E-state index contributed by atoms with van der Waals surface area (Å²) in [6, 6.07) is 0.710. The molecule has 2 heterocycles. The van der Waals surface area contributed by atoms with E-state index in [4.69, 9.17) is 11.6 Å². The van der Waals surface area contributed by atoms with Gasteiger partial charge in [0.2, 0.25) is 5.91 Å². The number of rotatable bonds is 8. The van der Waals surface area contributed by atoms with Gasteiger partial charge in [-0.1, -0.05) is 11.6 Å². The maximum absolute atomic E-state index is 13.2. The van der Waals surface area contributed by atoms with E-state index in [9.17, 15) is 22.4 Å². The summed E-state index contributed by atoms with van der Waals surface area (Å²) in [5.74, 6) is -0.620. The average Bonchev–Trinajstić information content (AvgIpc) is 3.09. The summed E-state index contributed by atoms with van der Waals surface area (Å²) in [7, 11) is 0. The Morgan fingerprint density at radius 2 is 1.89 bits per heavy atom. The lowest BCUT2D eigenvalue weighted by Crippen LogP contribution is -2.33. The van der Waals surface area contributed by atoms with Gasteiger partial charge in [0.25, 0.3) is 12.9 Å². The lowest BCUT2D eigenvalue weighted by Gasteiger charge is -2.15. The van der Waals surface area contributed by atoms with Gasteiger partial charge in [-0.05, 0) is 33.3 Å². The number of alkyl halides is 4. The van der Waals surface area contributed by atoms with Crippen molar-refractivity contribution in [2.75, 3.05) is 6.54 Å². The Hall–Kier alpha value is -2.10. The van der Waals surface area contributed by atoms with Crippen LogP contribution in [0, 0.1) is 13.8 Å². The first-order chi connectivity index (χ1) is 12.6. The molecule has 1 atom stereocenters.